The molecule has 174 valence electrons. The van der Waals surface area contributed by atoms with E-state index in [0.717, 1.165) is 27.5 Å². The Hall–Kier alpha value is -4.71. The van der Waals surface area contributed by atoms with Gasteiger partial charge in [-0.25, -0.2) is 14.8 Å². The number of aryl methyl sites for hydroxylation is 1. The van der Waals surface area contributed by atoms with Crippen LogP contribution in [0.3, 0.4) is 0 Å². The van der Waals surface area contributed by atoms with Crippen LogP contribution in [0.5, 0.6) is 5.75 Å². The van der Waals surface area contributed by atoms with Crippen LogP contribution < -0.4 is 21.1 Å². The van der Waals surface area contributed by atoms with Crippen molar-refractivity contribution in [3.05, 3.63) is 70.7 Å². The molecule has 0 amide bonds. The van der Waals surface area contributed by atoms with E-state index in [-0.39, 0.29) is 0 Å². The van der Waals surface area contributed by atoms with Crippen LogP contribution in [-0.2, 0) is 0 Å². The van der Waals surface area contributed by atoms with Crippen molar-refractivity contribution in [1.82, 2.24) is 29.5 Å². The SMILES string of the molecule is COc1cc(Nc2nc(Nc3ccc4oc(=O)[nH]c4c3)c3scnc3n2)ccc1-n1cnc(C)c1. The maximum atomic E-state index is 11.5. The van der Waals surface area contributed by atoms with Gasteiger partial charge in [-0.3, -0.25) is 4.98 Å². The van der Waals surface area contributed by atoms with Gasteiger partial charge in [-0.2, -0.15) is 9.97 Å². The van der Waals surface area contributed by atoms with Gasteiger partial charge in [0.05, 0.1) is 35.8 Å². The minimum Gasteiger partial charge on any atom is -0.494 e. The minimum atomic E-state index is -0.500. The third-order valence-electron chi connectivity index (χ3n) is 5.30. The van der Waals surface area contributed by atoms with Crippen molar-refractivity contribution in [2.24, 2.45) is 0 Å². The van der Waals surface area contributed by atoms with E-state index in [1.165, 1.54) is 11.3 Å². The lowest BCUT2D eigenvalue weighted by molar-refractivity contribution is 0.413. The lowest BCUT2D eigenvalue weighted by Crippen LogP contribution is -2.03. The fourth-order valence-corrected chi connectivity index (χ4v) is 4.39. The Bertz CT molecular complexity index is 1750. The molecule has 0 aliphatic rings. The highest BCUT2D eigenvalue weighted by Crippen LogP contribution is 2.31. The predicted octanol–water partition coefficient (Wildman–Crippen LogP) is 4.51. The number of H-pyrrole nitrogens is 1. The molecule has 0 unspecified atom stereocenters. The van der Waals surface area contributed by atoms with Crippen molar-refractivity contribution < 1.29 is 9.15 Å². The number of hydrogen-bond acceptors (Lipinski definition) is 10. The summed E-state index contributed by atoms with van der Waals surface area (Å²) in [7, 11) is 1.62. The molecular formula is C23H18N8O3S. The standard InChI is InChI=1S/C23H18N8O3S/c1-12-9-31(10-24-12)16-5-3-14(8-18(16)33-2)27-22-29-20-19(35-11-25-20)21(30-22)26-13-4-6-17-15(7-13)28-23(32)34-17/h3-11H,1-2H3,(H,28,32)(H2,26,27,29,30). The number of anilines is 4. The van der Waals surface area contributed by atoms with Gasteiger partial charge < -0.3 is 24.4 Å². The summed E-state index contributed by atoms with van der Waals surface area (Å²) in [6, 6.07) is 11.0. The zero-order valence-corrected chi connectivity index (χ0v) is 19.4. The average molecular weight is 487 g/mol. The third kappa shape index (κ3) is 3.95. The van der Waals surface area contributed by atoms with Crippen LogP contribution >= 0.6 is 11.3 Å². The lowest BCUT2D eigenvalue weighted by Gasteiger charge is -2.13. The summed E-state index contributed by atoms with van der Waals surface area (Å²) in [5.74, 6) is 1.13. The summed E-state index contributed by atoms with van der Waals surface area (Å²) in [6.07, 6.45) is 3.67. The van der Waals surface area contributed by atoms with Gasteiger partial charge in [0.1, 0.15) is 10.4 Å². The van der Waals surface area contributed by atoms with Crippen LogP contribution in [-0.4, -0.2) is 36.6 Å². The number of rotatable bonds is 6. The van der Waals surface area contributed by atoms with E-state index < -0.39 is 5.76 Å². The van der Waals surface area contributed by atoms with Gasteiger partial charge in [0.15, 0.2) is 17.0 Å². The molecule has 2 aromatic carbocycles. The molecule has 0 atom stereocenters. The van der Waals surface area contributed by atoms with E-state index in [1.54, 1.807) is 31.1 Å². The first kappa shape index (κ1) is 20.9. The maximum Gasteiger partial charge on any atom is 0.417 e. The second kappa shape index (κ2) is 8.25. The third-order valence-corrected chi connectivity index (χ3v) is 6.12. The van der Waals surface area contributed by atoms with Crippen LogP contribution in [0.1, 0.15) is 5.69 Å². The van der Waals surface area contributed by atoms with E-state index in [4.69, 9.17) is 9.15 Å². The average Bonchev–Trinajstić information content (AvgIpc) is 3.58. The Kier molecular flexibility index (Phi) is 4.92. The van der Waals surface area contributed by atoms with E-state index in [1.807, 2.05) is 42.0 Å². The molecule has 4 heterocycles. The minimum absolute atomic E-state index is 0.372. The molecule has 12 heteroatoms. The first-order chi connectivity index (χ1) is 17.1. The summed E-state index contributed by atoms with van der Waals surface area (Å²) in [4.78, 5) is 32.0. The van der Waals surface area contributed by atoms with Crippen molar-refractivity contribution in [2.45, 2.75) is 6.92 Å². The van der Waals surface area contributed by atoms with Crippen LogP contribution in [0.2, 0.25) is 0 Å². The van der Waals surface area contributed by atoms with Crippen LogP contribution in [0, 0.1) is 6.92 Å². The molecular weight excluding hydrogens is 468 g/mol. The summed E-state index contributed by atoms with van der Waals surface area (Å²) >= 11 is 1.43. The number of oxazole rings is 1. The number of methoxy groups -OCH3 is 1. The topological polar surface area (TPSA) is 136 Å². The number of thiazole rings is 1. The first-order valence-electron chi connectivity index (χ1n) is 10.5. The normalized spacial score (nSPS) is 11.3. The molecule has 35 heavy (non-hydrogen) atoms. The molecule has 0 radical (unpaired) electrons. The summed E-state index contributed by atoms with van der Waals surface area (Å²) in [6.45, 7) is 1.93. The number of hydrogen-bond donors (Lipinski definition) is 3. The molecule has 0 bridgehead atoms. The van der Waals surface area contributed by atoms with E-state index in [9.17, 15) is 4.79 Å². The highest BCUT2D eigenvalue weighted by atomic mass is 32.1. The fraction of sp³-hybridized carbons (Fsp3) is 0.0870. The van der Waals surface area contributed by atoms with Crippen molar-refractivity contribution in [3.63, 3.8) is 0 Å². The molecule has 3 N–H and O–H groups in total. The summed E-state index contributed by atoms with van der Waals surface area (Å²) < 4.78 is 13.4. The quantitative estimate of drug-likeness (QED) is 0.311. The van der Waals surface area contributed by atoms with E-state index >= 15 is 0 Å². The Morgan fingerprint density at radius 3 is 2.77 bits per heavy atom. The Labute approximate surface area is 201 Å². The molecule has 0 spiro atoms. The number of aromatic nitrogens is 6. The molecule has 0 saturated heterocycles. The number of imidazole rings is 1. The molecule has 4 aromatic heterocycles. The summed E-state index contributed by atoms with van der Waals surface area (Å²) in [5.41, 5.74) is 6.61. The highest BCUT2D eigenvalue weighted by Gasteiger charge is 2.13. The van der Waals surface area contributed by atoms with Gasteiger partial charge >= 0.3 is 5.76 Å². The van der Waals surface area contributed by atoms with E-state index in [2.05, 4.69) is 35.6 Å². The molecule has 6 rings (SSSR count). The maximum absolute atomic E-state index is 11.5. The zero-order valence-electron chi connectivity index (χ0n) is 18.6. The molecule has 0 aliphatic carbocycles. The van der Waals surface area contributed by atoms with Gasteiger partial charge in [0.25, 0.3) is 0 Å². The number of nitrogens with zero attached hydrogens (tertiary/aromatic N) is 5. The van der Waals surface area contributed by atoms with E-state index in [0.29, 0.717) is 34.3 Å². The molecule has 0 aliphatic heterocycles. The number of nitrogens with one attached hydrogen (secondary N) is 3. The van der Waals surface area contributed by atoms with Gasteiger partial charge in [-0.1, -0.05) is 0 Å². The smallest absolute Gasteiger partial charge is 0.417 e. The highest BCUT2D eigenvalue weighted by molar-refractivity contribution is 7.17. The van der Waals surface area contributed by atoms with Gasteiger partial charge in [0.2, 0.25) is 5.95 Å². The van der Waals surface area contributed by atoms with Gasteiger partial charge in [-0.15, -0.1) is 11.3 Å². The number of benzene rings is 2. The fourth-order valence-electron chi connectivity index (χ4n) is 3.72. The molecule has 6 aromatic rings. The second-order valence-corrected chi connectivity index (χ2v) is 8.54. The second-order valence-electron chi connectivity index (χ2n) is 7.69. The van der Waals surface area contributed by atoms with Crippen molar-refractivity contribution in [3.8, 4) is 11.4 Å². The largest absolute Gasteiger partial charge is 0.494 e. The van der Waals surface area contributed by atoms with Crippen LogP contribution in [0.25, 0.3) is 27.1 Å². The van der Waals surface area contributed by atoms with Gasteiger partial charge in [0, 0.05) is 23.6 Å². The van der Waals surface area contributed by atoms with Crippen LogP contribution in [0.4, 0.5) is 23.1 Å². The lowest BCUT2D eigenvalue weighted by atomic mass is 10.2. The molecule has 11 nitrogen and oxygen atoms in total. The molecule has 0 saturated carbocycles. The first-order valence-corrected chi connectivity index (χ1v) is 11.4. The Morgan fingerprint density at radius 1 is 1.09 bits per heavy atom. The Morgan fingerprint density at radius 2 is 1.94 bits per heavy atom. The predicted molar refractivity (Wildman–Crippen MR) is 133 cm³/mol. The van der Waals surface area contributed by atoms with Crippen molar-refractivity contribution in [1.29, 1.82) is 0 Å². The van der Waals surface area contributed by atoms with Crippen molar-refractivity contribution >= 4 is 55.9 Å². The molecule has 0 fully saturated rings. The van der Waals surface area contributed by atoms with Gasteiger partial charge in [-0.05, 0) is 37.3 Å². The number of aromatic amines is 1. The monoisotopic (exact) mass is 486 g/mol. The summed E-state index contributed by atoms with van der Waals surface area (Å²) in [5, 5.41) is 6.54. The van der Waals surface area contributed by atoms with Crippen LogP contribution in [0.15, 0.2) is 63.6 Å². The Balaban J connectivity index is 1.33. The number of ether oxygens (including phenoxy) is 1. The number of fused-ring (bicyclic) bond motifs is 2. The zero-order chi connectivity index (χ0) is 23.9. The van der Waals surface area contributed by atoms with Crippen molar-refractivity contribution in [2.75, 3.05) is 17.7 Å².